The Hall–Kier alpha value is -1.69. The van der Waals surface area contributed by atoms with Crippen LogP contribution in [0.3, 0.4) is 0 Å². The summed E-state index contributed by atoms with van der Waals surface area (Å²) in [6, 6.07) is 0. The van der Waals surface area contributed by atoms with Gasteiger partial charge in [0.2, 0.25) is 0 Å². The zero-order valence-electron chi connectivity index (χ0n) is 13.8. The minimum absolute atomic E-state index is 0.0202. The number of nitrogen functional groups attached to an aromatic ring is 1. The molecule has 0 unspecified atom stereocenters. The number of rotatable bonds is 5. The lowest BCUT2D eigenvalue weighted by atomic mass is 9.99. The zero-order chi connectivity index (χ0) is 16.3. The van der Waals surface area contributed by atoms with Crippen molar-refractivity contribution in [1.29, 1.82) is 0 Å². The first-order valence-electron chi connectivity index (χ1n) is 8.00. The molecule has 1 aromatic rings. The lowest BCUT2D eigenvalue weighted by Crippen LogP contribution is -2.35. The van der Waals surface area contributed by atoms with Crippen molar-refractivity contribution in [2.45, 2.75) is 46.6 Å². The van der Waals surface area contributed by atoms with Crippen LogP contribution in [0.4, 0.5) is 5.69 Å². The Morgan fingerprint density at radius 1 is 1.32 bits per heavy atom. The second-order valence-corrected chi connectivity index (χ2v) is 6.34. The molecule has 2 N–H and O–H groups in total. The molecule has 2 heterocycles. The van der Waals surface area contributed by atoms with Crippen LogP contribution >= 0.6 is 0 Å². The van der Waals surface area contributed by atoms with E-state index < -0.39 is 0 Å². The molecule has 0 aliphatic carbocycles. The van der Waals surface area contributed by atoms with Crippen molar-refractivity contribution in [2.24, 2.45) is 5.92 Å². The van der Waals surface area contributed by atoms with Crippen LogP contribution in [0.1, 0.15) is 49.2 Å². The number of aryl methyl sites for hydroxylation is 2. The third-order valence-electron chi connectivity index (χ3n) is 4.44. The standard InChI is InChI=1S/C16H26N4O2/c1-11-5-9-19(10-6-11)7-4-8-20-16(22)15(17)14(13(3)21)12(2)18-20/h11H,4-10,17H2,1-3H3. The SMILES string of the molecule is CC(=O)c1c(C)nn(CCCN2CCC(C)CC2)c(=O)c1N. The number of aromatic nitrogens is 2. The number of Topliss-reactive ketones (excluding diaryl/α,β-unsaturated/α-hetero) is 1. The topological polar surface area (TPSA) is 81.2 Å². The maximum Gasteiger partial charge on any atom is 0.290 e. The fraction of sp³-hybridized carbons (Fsp3) is 0.688. The Morgan fingerprint density at radius 2 is 1.95 bits per heavy atom. The van der Waals surface area contributed by atoms with Crippen molar-refractivity contribution in [3.63, 3.8) is 0 Å². The summed E-state index contributed by atoms with van der Waals surface area (Å²) >= 11 is 0. The summed E-state index contributed by atoms with van der Waals surface area (Å²) in [6.07, 6.45) is 3.36. The number of hydrogen-bond acceptors (Lipinski definition) is 5. The summed E-state index contributed by atoms with van der Waals surface area (Å²) in [5, 5.41) is 4.23. The van der Waals surface area contributed by atoms with Gasteiger partial charge in [0, 0.05) is 6.54 Å². The van der Waals surface area contributed by atoms with Crippen LogP contribution in [0.15, 0.2) is 4.79 Å². The van der Waals surface area contributed by atoms with Crippen molar-refractivity contribution >= 4 is 11.5 Å². The Balaban J connectivity index is 1.99. The normalized spacial score (nSPS) is 16.9. The van der Waals surface area contributed by atoms with E-state index in [1.54, 1.807) is 6.92 Å². The highest BCUT2D eigenvalue weighted by atomic mass is 16.1. The van der Waals surface area contributed by atoms with Gasteiger partial charge in [0.1, 0.15) is 5.69 Å². The minimum atomic E-state index is -0.358. The molecule has 0 atom stereocenters. The van der Waals surface area contributed by atoms with E-state index in [0.717, 1.165) is 32.0 Å². The van der Waals surface area contributed by atoms with Crippen LogP contribution in [-0.4, -0.2) is 40.1 Å². The van der Waals surface area contributed by atoms with Gasteiger partial charge in [-0.15, -0.1) is 0 Å². The number of carbonyl (C=O) groups excluding carboxylic acids is 1. The Bertz CT molecular complexity index is 601. The molecule has 0 bridgehead atoms. The van der Waals surface area contributed by atoms with Crippen molar-refractivity contribution in [2.75, 3.05) is 25.4 Å². The summed E-state index contributed by atoms with van der Waals surface area (Å²) in [5.41, 5.74) is 6.25. The molecule has 1 fully saturated rings. The van der Waals surface area contributed by atoms with Gasteiger partial charge in [0.25, 0.3) is 5.56 Å². The molecular formula is C16H26N4O2. The lowest BCUT2D eigenvalue weighted by molar-refractivity contribution is 0.101. The van der Waals surface area contributed by atoms with Crippen LogP contribution in [0.25, 0.3) is 0 Å². The highest BCUT2D eigenvalue weighted by Gasteiger charge is 2.17. The predicted molar refractivity (Wildman–Crippen MR) is 87.1 cm³/mol. The molecule has 122 valence electrons. The number of likely N-dealkylation sites (tertiary alicyclic amines) is 1. The van der Waals surface area contributed by atoms with E-state index in [1.165, 1.54) is 24.4 Å². The van der Waals surface area contributed by atoms with Gasteiger partial charge in [-0.3, -0.25) is 9.59 Å². The molecule has 1 aliphatic heterocycles. The Labute approximate surface area is 131 Å². The van der Waals surface area contributed by atoms with Crippen LogP contribution in [0.2, 0.25) is 0 Å². The third kappa shape index (κ3) is 3.74. The van der Waals surface area contributed by atoms with E-state index in [4.69, 9.17) is 5.73 Å². The van der Waals surface area contributed by atoms with Gasteiger partial charge >= 0.3 is 0 Å². The van der Waals surface area contributed by atoms with Gasteiger partial charge < -0.3 is 10.6 Å². The monoisotopic (exact) mass is 306 g/mol. The van der Waals surface area contributed by atoms with Crippen molar-refractivity contribution < 1.29 is 4.79 Å². The first-order valence-corrected chi connectivity index (χ1v) is 8.00. The van der Waals surface area contributed by atoms with Gasteiger partial charge in [0.15, 0.2) is 5.78 Å². The van der Waals surface area contributed by atoms with Crippen LogP contribution in [-0.2, 0) is 6.54 Å². The minimum Gasteiger partial charge on any atom is -0.394 e. The van der Waals surface area contributed by atoms with Crippen molar-refractivity contribution in [3.05, 3.63) is 21.6 Å². The average Bonchev–Trinajstić information content (AvgIpc) is 2.46. The number of anilines is 1. The molecule has 0 radical (unpaired) electrons. The molecule has 6 nitrogen and oxygen atoms in total. The molecule has 1 aliphatic rings. The van der Waals surface area contributed by atoms with E-state index in [2.05, 4.69) is 16.9 Å². The maximum absolute atomic E-state index is 12.2. The zero-order valence-corrected chi connectivity index (χ0v) is 13.8. The van der Waals surface area contributed by atoms with E-state index >= 15 is 0 Å². The molecule has 0 saturated carbocycles. The molecule has 0 amide bonds. The summed E-state index contributed by atoms with van der Waals surface area (Å²) in [7, 11) is 0. The Morgan fingerprint density at radius 3 is 2.55 bits per heavy atom. The van der Waals surface area contributed by atoms with Crippen LogP contribution in [0.5, 0.6) is 0 Å². The number of ketones is 1. The molecule has 1 aromatic heterocycles. The van der Waals surface area contributed by atoms with E-state index in [0.29, 0.717) is 12.2 Å². The number of nitrogens with two attached hydrogens (primary N) is 1. The maximum atomic E-state index is 12.2. The summed E-state index contributed by atoms with van der Waals surface area (Å²) in [5.74, 6) is 0.608. The summed E-state index contributed by atoms with van der Waals surface area (Å²) in [6.45, 7) is 9.18. The average molecular weight is 306 g/mol. The number of piperidine rings is 1. The van der Waals surface area contributed by atoms with Gasteiger partial charge in [-0.1, -0.05) is 6.92 Å². The fourth-order valence-corrected chi connectivity index (χ4v) is 3.04. The molecule has 0 aromatic carbocycles. The largest absolute Gasteiger partial charge is 0.394 e. The lowest BCUT2D eigenvalue weighted by Gasteiger charge is -2.30. The summed E-state index contributed by atoms with van der Waals surface area (Å²) in [4.78, 5) is 26.1. The second-order valence-electron chi connectivity index (χ2n) is 6.34. The van der Waals surface area contributed by atoms with E-state index in [1.807, 2.05) is 0 Å². The van der Waals surface area contributed by atoms with Crippen LogP contribution in [0, 0.1) is 12.8 Å². The third-order valence-corrected chi connectivity index (χ3v) is 4.44. The van der Waals surface area contributed by atoms with Gasteiger partial charge in [-0.05, 0) is 58.7 Å². The highest BCUT2D eigenvalue weighted by Crippen LogP contribution is 2.16. The first kappa shape index (κ1) is 16.7. The van der Waals surface area contributed by atoms with E-state index in [-0.39, 0.29) is 22.6 Å². The number of carbonyl (C=O) groups is 1. The summed E-state index contributed by atoms with van der Waals surface area (Å²) < 4.78 is 1.39. The van der Waals surface area contributed by atoms with E-state index in [9.17, 15) is 9.59 Å². The molecular weight excluding hydrogens is 280 g/mol. The van der Waals surface area contributed by atoms with Gasteiger partial charge in [-0.25, -0.2) is 4.68 Å². The predicted octanol–water partition coefficient (Wildman–Crippen LogP) is 1.46. The fourth-order valence-electron chi connectivity index (χ4n) is 3.04. The van der Waals surface area contributed by atoms with Crippen molar-refractivity contribution in [3.8, 4) is 0 Å². The highest BCUT2D eigenvalue weighted by molar-refractivity contribution is 5.99. The number of hydrogen-bond donors (Lipinski definition) is 1. The molecule has 0 spiro atoms. The molecule has 2 rings (SSSR count). The second kappa shape index (κ2) is 7.05. The van der Waals surface area contributed by atoms with Crippen molar-refractivity contribution in [1.82, 2.24) is 14.7 Å². The number of nitrogens with zero attached hydrogens (tertiary/aromatic N) is 3. The molecule has 22 heavy (non-hydrogen) atoms. The van der Waals surface area contributed by atoms with Gasteiger partial charge in [0.05, 0.1) is 11.3 Å². The van der Waals surface area contributed by atoms with Crippen LogP contribution < -0.4 is 11.3 Å². The molecule has 6 heteroatoms. The quantitative estimate of drug-likeness (QED) is 0.833. The van der Waals surface area contributed by atoms with Gasteiger partial charge in [-0.2, -0.15) is 5.10 Å². The Kier molecular flexibility index (Phi) is 5.34. The molecule has 1 saturated heterocycles. The smallest absolute Gasteiger partial charge is 0.290 e. The first-order chi connectivity index (χ1) is 10.4.